The van der Waals surface area contributed by atoms with E-state index in [1.807, 2.05) is 12.1 Å². The van der Waals surface area contributed by atoms with Gasteiger partial charge in [0.1, 0.15) is 18.2 Å². The fourth-order valence-electron chi connectivity index (χ4n) is 7.37. The number of hydrogen-bond acceptors (Lipinski definition) is 1. The molecule has 4 nitrogen and oxygen atoms in total. The number of rotatable bonds is 7. The number of aryl methyl sites for hydroxylation is 4. The molecule has 4 aromatic carbocycles. The van der Waals surface area contributed by atoms with Gasteiger partial charge in [-0.3, -0.25) is 0 Å². The molecule has 0 bridgehead atoms. The summed E-state index contributed by atoms with van der Waals surface area (Å²) in [6, 6.07) is 47.9. The zero-order valence-electron chi connectivity index (χ0n) is 28.5. The molecule has 49 heavy (non-hydrogen) atoms. The lowest BCUT2D eigenvalue weighted by Gasteiger charge is -2.18. The maximum Gasteiger partial charge on any atom is 0.243 e. The number of furan rings is 1. The number of pyridine rings is 3. The van der Waals surface area contributed by atoms with Crippen LogP contribution in [-0.4, -0.2) is 0 Å². The average molecular weight is 639 g/mol. The second-order valence-corrected chi connectivity index (χ2v) is 13.1. The van der Waals surface area contributed by atoms with Gasteiger partial charge >= 0.3 is 0 Å². The van der Waals surface area contributed by atoms with Crippen LogP contribution in [-0.2, 0) is 13.6 Å². The van der Waals surface area contributed by atoms with Crippen LogP contribution in [0.5, 0.6) is 0 Å². The van der Waals surface area contributed by atoms with E-state index in [0.29, 0.717) is 0 Å². The second kappa shape index (κ2) is 12.6. The Morgan fingerprint density at radius 3 is 2.10 bits per heavy atom. The number of fused-ring (bicyclic) bond motifs is 3. The summed E-state index contributed by atoms with van der Waals surface area (Å²) in [7, 11) is 2.13. The molecule has 4 aromatic heterocycles. The molecule has 0 amide bonds. The molecule has 0 fully saturated rings. The third-order valence-electron chi connectivity index (χ3n) is 9.84. The van der Waals surface area contributed by atoms with Gasteiger partial charge in [0.2, 0.25) is 29.7 Å². The molecule has 0 saturated carbocycles. The predicted octanol–water partition coefficient (Wildman–Crippen LogP) is 9.20. The van der Waals surface area contributed by atoms with Gasteiger partial charge in [0.25, 0.3) is 0 Å². The molecule has 0 aliphatic heterocycles. The van der Waals surface area contributed by atoms with E-state index in [0.717, 1.165) is 28.5 Å². The van der Waals surface area contributed by atoms with Gasteiger partial charge in [0.15, 0.2) is 18.6 Å². The molecule has 4 heterocycles. The van der Waals surface area contributed by atoms with Gasteiger partial charge in [0, 0.05) is 63.4 Å². The fraction of sp³-hybridized carbons (Fsp3) is 0.133. The van der Waals surface area contributed by atoms with Gasteiger partial charge < -0.3 is 4.42 Å². The van der Waals surface area contributed by atoms with Crippen molar-refractivity contribution in [3.8, 4) is 33.8 Å². The summed E-state index contributed by atoms with van der Waals surface area (Å²) in [6.07, 6.45) is 6.68. The van der Waals surface area contributed by atoms with Crippen LogP contribution >= 0.6 is 0 Å². The minimum absolute atomic E-state index is 0.0310. The summed E-state index contributed by atoms with van der Waals surface area (Å²) in [6.45, 7) is 7.30. The van der Waals surface area contributed by atoms with Crippen molar-refractivity contribution in [3.05, 3.63) is 174 Å². The van der Waals surface area contributed by atoms with Crippen LogP contribution < -0.4 is 13.7 Å². The summed E-state index contributed by atoms with van der Waals surface area (Å²) in [5, 5.41) is 2.28. The van der Waals surface area contributed by atoms with Crippen LogP contribution in [0.3, 0.4) is 0 Å². The zero-order valence-corrected chi connectivity index (χ0v) is 28.5. The van der Waals surface area contributed by atoms with Gasteiger partial charge in [-0.2, -0.15) is 9.13 Å². The van der Waals surface area contributed by atoms with E-state index in [1.54, 1.807) is 0 Å². The van der Waals surface area contributed by atoms with Crippen LogP contribution in [0.4, 0.5) is 0 Å². The average Bonchev–Trinajstić information content (AvgIpc) is 3.48. The molecule has 0 aliphatic carbocycles. The summed E-state index contributed by atoms with van der Waals surface area (Å²) in [5.41, 5.74) is 14.0. The molecule has 0 N–H and O–H groups in total. The van der Waals surface area contributed by atoms with Crippen LogP contribution in [0.1, 0.15) is 28.3 Å². The smallest absolute Gasteiger partial charge is 0.243 e. The number of nitrogens with zero attached hydrogens (tertiary/aromatic N) is 3. The Morgan fingerprint density at radius 2 is 1.27 bits per heavy atom. The van der Waals surface area contributed by atoms with Gasteiger partial charge in [-0.15, -0.1) is 0 Å². The van der Waals surface area contributed by atoms with Crippen molar-refractivity contribution < 1.29 is 18.1 Å². The highest BCUT2D eigenvalue weighted by atomic mass is 16.3. The maximum atomic E-state index is 6.27. The number of benzene rings is 4. The largest absolute Gasteiger partial charge is 0.456 e. The molecule has 238 valence electrons. The monoisotopic (exact) mass is 638 g/mol. The molecule has 1 atom stereocenters. The number of aromatic nitrogens is 3. The zero-order chi connectivity index (χ0) is 33.5. The topological polar surface area (TPSA) is 24.8 Å². The predicted molar refractivity (Wildman–Crippen MR) is 197 cm³/mol. The lowest BCUT2D eigenvalue weighted by molar-refractivity contribution is -0.781. The Hall–Kier alpha value is -5.87. The lowest BCUT2D eigenvalue weighted by Crippen LogP contribution is -2.51. The van der Waals surface area contributed by atoms with E-state index >= 15 is 0 Å². The van der Waals surface area contributed by atoms with Crippen LogP contribution in [0, 0.1) is 20.8 Å². The quantitative estimate of drug-likeness (QED) is 0.160. The van der Waals surface area contributed by atoms with E-state index in [-0.39, 0.29) is 6.04 Å². The molecule has 0 saturated heterocycles. The Morgan fingerprint density at radius 1 is 0.551 bits per heavy atom. The van der Waals surface area contributed by atoms with Crippen molar-refractivity contribution in [2.75, 3.05) is 0 Å². The Balaban J connectivity index is 1.36. The molecular weight excluding hydrogens is 599 g/mol. The first-order valence-corrected chi connectivity index (χ1v) is 17.0. The molecule has 0 aliphatic rings. The van der Waals surface area contributed by atoms with Crippen LogP contribution in [0.25, 0.3) is 55.7 Å². The van der Waals surface area contributed by atoms with E-state index in [4.69, 9.17) is 4.42 Å². The highest BCUT2D eigenvalue weighted by Gasteiger charge is 2.35. The molecule has 0 radical (unpaired) electrons. The standard InChI is InChI=1S/C45H40N3O/c1-31-23-24-41(38-28-39-37-19-9-10-22-44(37)49-45(39)27-33(38)3)47(29-31)30-43(36-18-8-7-17-35(36)40-20-11-13-25-46(40)4)48-26-14-12-21-42(48)34-16-6-5-15-32(34)2/h5-29,43H,30H2,1-4H3/q+3. The normalized spacial score (nSPS) is 12.1. The molecule has 1 unspecified atom stereocenters. The highest BCUT2D eigenvalue weighted by Crippen LogP contribution is 2.35. The molecule has 4 heteroatoms. The van der Waals surface area contributed by atoms with Crippen molar-refractivity contribution in [2.24, 2.45) is 7.05 Å². The first-order valence-electron chi connectivity index (χ1n) is 17.0. The number of hydrogen-bond donors (Lipinski definition) is 0. The molecule has 0 spiro atoms. The summed E-state index contributed by atoms with van der Waals surface area (Å²) in [5.74, 6) is 0. The van der Waals surface area contributed by atoms with Crippen molar-refractivity contribution >= 4 is 21.9 Å². The first kappa shape index (κ1) is 30.5. The molecule has 8 aromatic rings. The van der Waals surface area contributed by atoms with Gasteiger partial charge in [-0.1, -0.05) is 54.6 Å². The van der Waals surface area contributed by atoms with E-state index < -0.39 is 0 Å². The van der Waals surface area contributed by atoms with Crippen molar-refractivity contribution in [2.45, 2.75) is 33.4 Å². The van der Waals surface area contributed by atoms with Crippen LogP contribution in [0.2, 0.25) is 0 Å². The minimum Gasteiger partial charge on any atom is -0.456 e. The summed E-state index contributed by atoms with van der Waals surface area (Å²) >= 11 is 0. The lowest BCUT2D eigenvalue weighted by atomic mass is 9.95. The Bertz CT molecular complexity index is 2400. The van der Waals surface area contributed by atoms with Gasteiger partial charge in [0.05, 0.1) is 5.56 Å². The maximum absolute atomic E-state index is 6.27. The van der Waals surface area contributed by atoms with Crippen molar-refractivity contribution in [1.29, 1.82) is 0 Å². The van der Waals surface area contributed by atoms with E-state index in [2.05, 4.69) is 181 Å². The molecule has 8 rings (SSSR count). The minimum atomic E-state index is -0.0310. The van der Waals surface area contributed by atoms with E-state index in [9.17, 15) is 0 Å². The highest BCUT2D eigenvalue weighted by molar-refractivity contribution is 6.06. The third-order valence-corrected chi connectivity index (χ3v) is 9.84. The Labute approximate surface area is 287 Å². The van der Waals surface area contributed by atoms with Gasteiger partial charge in [-0.05, 0) is 80.4 Å². The SMILES string of the molecule is Cc1ccc(-c2cc3c(cc2C)oc2ccccc23)[n+](CC(c2ccccc2-c2cccc[n+]2C)[n+]2ccccc2-c2ccccc2C)c1. The van der Waals surface area contributed by atoms with Gasteiger partial charge in [-0.25, -0.2) is 4.57 Å². The second-order valence-electron chi connectivity index (χ2n) is 13.1. The van der Waals surface area contributed by atoms with Crippen molar-refractivity contribution in [3.63, 3.8) is 0 Å². The first-order chi connectivity index (χ1) is 24.0. The third kappa shape index (κ3) is 5.59. The molecular formula is C45H40N3O+3. The fourth-order valence-corrected chi connectivity index (χ4v) is 7.37. The summed E-state index contributed by atoms with van der Waals surface area (Å²) < 4.78 is 13.4. The summed E-state index contributed by atoms with van der Waals surface area (Å²) in [4.78, 5) is 0. The van der Waals surface area contributed by atoms with Crippen molar-refractivity contribution in [1.82, 2.24) is 0 Å². The number of para-hydroxylation sites is 1. The Kier molecular flexibility index (Phi) is 7.85. The van der Waals surface area contributed by atoms with E-state index in [1.165, 1.54) is 56.0 Å². The van der Waals surface area contributed by atoms with Crippen LogP contribution in [0.15, 0.2) is 156 Å².